The van der Waals surface area contributed by atoms with Crippen LogP contribution in [-0.4, -0.2) is 18.7 Å². The maximum Gasteiger partial charge on any atom is 0.424 e. The van der Waals surface area contributed by atoms with Crippen LogP contribution in [0.5, 0.6) is 0 Å². The lowest BCUT2D eigenvalue weighted by Crippen LogP contribution is -2.39. The van der Waals surface area contributed by atoms with Crippen LogP contribution >= 0.6 is 0 Å². The van der Waals surface area contributed by atoms with E-state index in [-0.39, 0.29) is 13.0 Å². The Morgan fingerprint density at radius 2 is 2.00 bits per heavy atom. The van der Waals surface area contributed by atoms with Crippen LogP contribution in [0.25, 0.3) is 0 Å². The normalized spacial score (nSPS) is 8.83. The molecule has 6 nitrogen and oxygen atoms in total. The van der Waals surface area contributed by atoms with Gasteiger partial charge < -0.3 is 9.57 Å². The van der Waals surface area contributed by atoms with Gasteiger partial charge in [0.05, 0.1) is 6.61 Å². The fourth-order valence-corrected chi connectivity index (χ4v) is 0.363. The lowest BCUT2D eigenvalue weighted by Gasteiger charge is -2.05. The van der Waals surface area contributed by atoms with Crippen molar-refractivity contribution >= 4 is 12.1 Å². The van der Waals surface area contributed by atoms with Crippen LogP contribution in [0.1, 0.15) is 20.3 Å². The molecule has 0 radical (unpaired) electrons. The highest BCUT2D eigenvalue weighted by Gasteiger charge is 2.00. The first-order valence-corrected chi connectivity index (χ1v) is 3.58. The zero-order valence-electron chi connectivity index (χ0n) is 7.05. The van der Waals surface area contributed by atoms with Crippen molar-refractivity contribution in [3.05, 3.63) is 0 Å². The summed E-state index contributed by atoms with van der Waals surface area (Å²) in [7, 11) is 0. The lowest BCUT2D eigenvalue weighted by atomic mass is 10.5. The van der Waals surface area contributed by atoms with Crippen molar-refractivity contribution in [2.24, 2.45) is 0 Å². The monoisotopic (exact) mass is 176 g/mol. The van der Waals surface area contributed by atoms with E-state index >= 15 is 0 Å². The van der Waals surface area contributed by atoms with Gasteiger partial charge in [0.2, 0.25) is 0 Å². The summed E-state index contributed by atoms with van der Waals surface area (Å²) < 4.78 is 4.45. The summed E-state index contributed by atoms with van der Waals surface area (Å²) in [5.41, 5.74) is 3.94. The first kappa shape index (κ1) is 10.7. The molecule has 2 N–H and O–H groups in total. The fraction of sp³-hybridized carbons (Fsp3) is 0.667. The fourth-order valence-electron chi connectivity index (χ4n) is 0.363. The predicted molar refractivity (Wildman–Crippen MR) is 39.7 cm³/mol. The average Bonchev–Trinajstić information content (AvgIpc) is 2.04. The molecule has 0 spiro atoms. The first-order chi connectivity index (χ1) is 5.70. The Labute approximate surface area is 70.1 Å². The Kier molecular flexibility index (Phi) is 5.72. The van der Waals surface area contributed by atoms with E-state index in [1.807, 2.05) is 11.0 Å². The van der Waals surface area contributed by atoms with Gasteiger partial charge in [-0.05, 0) is 6.92 Å². The molecule has 6 heteroatoms. The molecule has 12 heavy (non-hydrogen) atoms. The minimum absolute atomic E-state index is 0.234. The third kappa shape index (κ3) is 5.48. The molecule has 0 fully saturated rings. The maximum absolute atomic E-state index is 10.5. The van der Waals surface area contributed by atoms with Gasteiger partial charge in [0.15, 0.2) is 0 Å². The highest BCUT2D eigenvalue weighted by molar-refractivity contribution is 5.69. The van der Waals surface area contributed by atoms with E-state index in [2.05, 4.69) is 9.57 Å². The van der Waals surface area contributed by atoms with Gasteiger partial charge in [0.1, 0.15) is 0 Å². The molecule has 0 rings (SSSR count). The van der Waals surface area contributed by atoms with E-state index in [1.165, 1.54) is 0 Å². The van der Waals surface area contributed by atoms with Crippen LogP contribution in [0.3, 0.4) is 0 Å². The molecule has 0 atom stereocenters. The van der Waals surface area contributed by atoms with Crippen LogP contribution in [0.2, 0.25) is 0 Å². The van der Waals surface area contributed by atoms with E-state index in [4.69, 9.17) is 0 Å². The zero-order chi connectivity index (χ0) is 9.40. The van der Waals surface area contributed by atoms with Crippen LogP contribution in [0, 0.1) is 0 Å². The van der Waals surface area contributed by atoms with Gasteiger partial charge in [-0.25, -0.2) is 10.2 Å². The second kappa shape index (κ2) is 6.41. The molecule has 70 valence electrons. The second-order valence-corrected chi connectivity index (χ2v) is 1.78. The number of nitrogens with one attached hydrogen (secondary N) is 2. The number of carbonyl (C=O) groups is 2. The molecule has 0 aromatic heterocycles. The molecule has 0 aromatic rings. The zero-order valence-corrected chi connectivity index (χ0v) is 7.05. The molecule has 0 bridgehead atoms. The van der Waals surface area contributed by atoms with Crippen molar-refractivity contribution in [3.63, 3.8) is 0 Å². The summed E-state index contributed by atoms with van der Waals surface area (Å²) in [6, 6.07) is 0. The largest absolute Gasteiger partial charge is 0.449 e. The highest BCUT2D eigenvalue weighted by Crippen LogP contribution is 1.78. The van der Waals surface area contributed by atoms with Gasteiger partial charge in [0, 0.05) is 6.42 Å². The predicted octanol–water partition coefficient (Wildman–Crippen LogP) is 0.105. The van der Waals surface area contributed by atoms with Crippen molar-refractivity contribution in [1.29, 1.82) is 0 Å². The van der Waals surface area contributed by atoms with Crippen molar-refractivity contribution in [2.45, 2.75) is 20.3 Å². The minimum atomic E-state index is -0.693. The molecular weight excluding hydrogens is 164 g/mol. The number of ether oxygens (including phenoxy) is 1. The van der Waals surface area contributed by atoms with E-state index in [0.717, 1.165) is 0 Å². The molecule has 0 aromatic carbocycles. The van der Waals surface area contributed by atoms with E-state index in [0.29, 0.717) is 0 Å². The summed E-state index contributed by atoms with van der Waals surface area (Å²) in [6.07, 6.45) is -0.460. The Morgan fingerprint density at radius 3 is 2.50 bits per heavy atom. The van der Waals surface area contributed by atoms with Crippen LogP contribution in [0.4, 0.5) is 4.79 Å². The van der Waals surface area contributed by atoms with E-state index < -0.39 is 12.1 Å². The van der Waals surface area contributed by atoms with Gasteiger partial charge in [-0.3, -0.25) is 4.79 Å². The lowest BCUT2D eigenvalue weighted by molar-refractivity contribution is -0.152. The molecule has 0 aliphatic heterocycles. The number of hydrogen-bond donors (Lipinski definition) is 2. The molecule has 0 aliphatic carbocycles. The molecule has 0 aliphatic rings. The summed E-state index contributed by atoms with van der Waals surface area (Å²) in [5.74, 6) is -0.466. The number of hydrogen-bond acceptors (Lipinski definition) is 5. The third-order valence-corrected chi connectivity index (χ3v) is 0.882. The van der Waals surface area contributed by atoms with Crippen molar-refractivity contribution < 1.29 is 19.2 Å². The van der Waals surface area contributed by atoms with Gasteiger partial charge in [-0.15, -0.1) is 0 Å². The minimum Gasteiger partial charge on any atom is -0.449 e. The van der Waals surface area contributed by atoms with Gasteiger partial charge >= 0.3 is 12.1 Å². The molecule has 0 saturated heterocycles. The van der Waals surface area contributed by atoms with Gasteiger partial charge in [0.25, 0.3) is 0 Å². The summed E-state index contributed by atoms with van der Waals surface area (Å²) in [6.45, 7) is 3.56. The van der Waals surface area contributed by atoms with Crippen molar-refractivity contribution in [1.82, 2.24) is 11.0 Å². The van der Waals surface area contributed by atoms with Gasteiger partial charge in [-0.2, -0.15) is 0 Å². The topological polar surface area (TPSA) is 76.7 Å². The molecule has 0 heterocycles. The number of amides is 1. The molecule has 0 unspecified atom stereocenters. The Hall–Kier alpha value is -1.30. The molecular formula is C6H12N2O4. The maximum atomic E-state index is 10.5. The SMILES string of the molecule is CCOC(=O)NNOC(=O)CC. The summed E-state index contributed by atoms with van der Waals surface area (Å²) >= 11 is 0. The standard InChI is InChI=1S/C6H12N2O4/c1-3-5(9)12-8-7-6(10)11-4-2/h8H,3-4H2,1-2H3,(H,7,10). The number of carbonyl (C=O) groups excluding carboxylic acids is 2. The highest BCUT2D eigenvalue weighted by atomic mass is 16.7. The Balaban J connectivity index is 3.30. The Bertz CT molecular complexity index is 160. The quantitative estimate of drug-likeness (QED) is 0.594. The first-order valence-electron chi connectivity index (χ1n) is 3.58. The number of hydrazine groups is 1. The van der Waals surface area contributed by atoms with Crippen LogP contribution in [0.15, 0.2) is 0 Å². The number of rotatable bonds is 4. The summed E-state index contributed by atoms with van der Waals surface area (Å²) in [5, 5.41) is 0. The van der Waals surface area contributed by atoms with E-state index in [1.54, 1.807) is 13.8 Å². The van der Waals surface area contributed by atoms with Crippen LogP contribution < -0.4 is 11.0 Å². The Morgan fingerprint density at radius 1 is 1.33 bits per heavy atom. The van der Waals surface area contributed by atoms with Crippen molar-refractivity contribution in [2.75, 3.05) is 6.61 Å². The smallest absolute Gasteiger partial charge is 0.424 e. The van der Waals surface area contributed by atoms with Gasteiger partial charge in [-0.1, -0.05) is 12.5 Å². The third-order valence-electron chi connectivity index (χ3n) is 0.882. The molecule has 0 saturated carbocycles. The molecule has 1 amide bonds. The van der Waals surface area contributed by atoms with Crippen LogP contribution in [-0.2, 0) is 14.4 Å². The second-order valence-electron chi connectivity index (χ2n) is 1.78. The van der Waals surface area contributed by atoms with E-state index in [9.17, 15) is 9.59 Å². The van der Waals surface area contributed by atoms with Crippen molar-refractivity contribution in [3.8, 4) is 0 Å². The summed E-state index contributed by atoms with van der Waals surface area (Å²) in [4.78, 5) is 25.3. The average molecular weight is 176 g/mol.